The van der Waals surface area contributed by atoms with E-state index >= 15 is 0 Å². The van der Waals surface area contributed by atoms with Gasteiger partial charge >= 0.3 is 5.97 Å². The minimum Gasteiger partial charge on any atom is -0.499 e. The molecule has 3 aromatic carbocycles. The third kappa shape index (κ3) is 8.42. The summed E-state index contributed by atoms with van der Waals surface area (Å²) in [5.74, 6) is -3.38. The molecule has 2 amide bonds. The molecule has 0 radical (unpaired) electrons. The summed E-state index contributed by atoms with van der Waals surface area (Å²) in [7, 11) is 0. The summed E-state index contributed by atoms with van der Waals surface area (Å²) in [6, 6.07) is 23.9. The number of hydrogen-bond donors (Lipinski definition) is 5. The Kier molecular flexibility index (Phi) is 11.9. The van der Waals surface area contributed by atoms with Crippen LogP contribution in [-0.2, 0) is 34.3 Å². The van der Waals surface area contributed by atoms with Crippen LogP contribution >= 0.6 is 0 Å². The minimum absolute atomic E-state index is 0.0522. The van der Waals surface area contributed by atoms with Crippen molar-refractivity contribution in [1.82, 2.24) is 10.6 Å². The van der Waals surface area contributed by atoms with Crippen LogP contribution < -0.4 is 10.6 Å². The number of rotatable bonds is 14. The Morgan fingerprint density at radius 3 is 2.18 bits per heavy atom. The lowest BCUT2D eigenvalue weighted by atomic mass is 9.91. The zero-order valence-electron chi connectivity index (χ0n) is 26.9. The molecule has 5 atom stereocenters. The summed E-state index contributed by atoms with van der Waals surface area (Å²) in [5, 5.41) is 33.3. The fourth-order valence-corrected chi connectivity index (χ4v) is 5.70. The molecule has 1 aliphatic carbocycles. The Morgan fingerprint density at radius 2 is 1.59 bits per heavy atom. The van der Waals surface area contributed by atoms with Crippen molar-refractivity contribution >= 4 is 23.9 Å². The summed E-state index contributed by atoms with van der Waals surface area (Å²) in [5.41, 5.74) is 2.58. The van der Waals surface area contributed by atoms with Crippen molar-refractivity contribution in [2.24, 2.45) is 0 Å². The normalized spacial score (nSPS) is 20.8. The number of carbonyl (C=O) groups is 3. The maximum absolute atomic E-state index is 13.7. The zero-order chi connectivity index (χ0) is 34.8. The second-order valence-corrected chi connectivity index (χ2v) is 11.6. The monoisotopic (exact) mass is 672 g/mol. The van der Waals surface area contributed by atoms with Crippen LogP contribution in [0.1, 0.15) is 40.4 Å². The van der Waals surface area contributed by atoms with E-state index in [1.165, 1.54) is 13.2 Å². The van der Waals surface area contributed by atoms with Gasteiger partial charge in [0.1, 0.15) is 31.0 Å². The van der Waals surface area contributed by atoms with Gasteiger partial charge in [-0.25, -0.2) is 4.79 Å². The number of fused-ring (bicyclic) bond motifs is 1. The number of aliphatic hydroxyl groups excluding tert-OH is 3. The quantitative estimate of drug-likeness (QED) is 0.0971. The Hall–Kier alpha value is -4.85. The number of esters is 1. The summed E-state index contributed by atoms with van der Waals surface area (Å²) in [6.45, 7) is 1.06. The lowest BCUT2D eigenvalue weighted by molar-refractivity contribution is -0.157. The third-order valence-corrected chi connectivity index (χ3v) is 8.11. The van der Waals surface area contributed by atoms with Gasteiger partial charge in [-0.05, 0) is 36.8 Å². The summed E-state index contributed by atoms with van der Waals surface area (Å²) in [4.78, 5) is 39.9. The molecule has 0 aromatic heterocycles. The number of nitrogens with one attached hydrogen (secondary N) is 2. The molecule has 1 saturated heterocycles. The molecule has 0 bridgehead atoms. The molecule has 0 spiro atoms. The second-order valence-electron chi connectivity index (χ2n) is 11.6. The van der Waals surface area contributed by atoms with Crippen molar-refractivity contribution in [3.05, 3.63) is 125 Å². The highest BCUT2D eigenvalue weighted by atomic mass is 16.8. The van der Waals surface area contributed by atoms with Gasteiger partial charge in [-0.15, -0.1) is 0 Å². The van der Waals surface area contributed by atoms with Gasteiger partial charge in [0.25, 0.3) is 0 Å². The standard InChI is InChI=1S/C37H40N2O10/c1-24(42)32(35(44)38-17-18-40)39-34(43)27-22-30(47-36(45)26-14-12-25(13-15-26)16-20-46-21-19-41)33-31(23-27)48-37(49-33,28-8-4-2-5-9-28)29-10-6-3-7-11-29/h2-16,20,23-24,30-33,40-42H,17-19,21-22H2,1H3,(H,38,44)(H,39,43)/t24-,30+,31+,32+,33-/m0/s1. The van der Waals surface area contributed by atoms with Crippen LogP contribution in [-0.4, -0.2) is 89.9 Å². The lowest BCUT2D eigenvalue weighted by Gasteiger charge is -2.31. The van der Waals surface area contributed by atoms with Crippen molar-refractivity contribution in [1.29, 1.82) is 0 Å². The number of aliphatic hydroxyl groups is 3. The maximum atomic E-state index is 13.7. The second kappa shape index (κ2) is 16.5. The van der Waals surface area contributed by atoms with Gasteiger partial charge in [-0.3, -0.25) is 9.59 Å². The molecule has 49 heavy (non-hydrogen) atoms. The van der Waals surface area contributed by atoms with Crippen molar-refractivity contribution in [3.8, 4) is 0 Å². The molecule has 1 aliphatic heterocycles. The molecule has 0 saturated carbocycles. The molecule has 5 rings (SSSR count). The predicted octanol–water partition coefficient (Wildman–Crippen LogP) is 2.18. The van der Waals surface area contributed by atoms with E-state index in [4.69, 9.17) is 29.2 Å². The van der Waals surface area contributed by atoms with E-state index in [0.717, 1.165) is 5.56 Å². The van der Waals surface area contributed by atoms with E-state index in [1.807, 2.05) is 60.7 Å². The first-order valence-electron chi connectivity index (χ1n) is 16.0. The third-order valence-electron chi connectivity index (χ3n) is 8.11. The van der Waals surface area contributed by atoms with Crippen LogP contribution in [0.15, 0.2) is 103 Å². The SMILES string of the molecule is C[C@H](O)[C@@H](NC(=O)C1=C[C@H]2OC(c3ccccc3)(c3ccccc3)O[C@H]2[C@H](OC(=O)c2ccc(C=COCCO)cc2)C1)C(=O)NCCO. The summed E-state index contributed by atoms with van der Waals surface area (Å²) < 4.78 is 24.6. The van der Waals surface area contributed by atoms with Crippen molar-refractivity contribution in [3.63, 3.8) is 0 Å². The van der Waals surface area contributed by atoms with Crippen molar-refractivity contribution < 1.29 is 48.7 Å². The van der Waals surface area contributed by atoms with Crippen LogP contribution in [0.4, 0.5) is 0 Å². The summed E-state index contributed by atoms with van der Waals surface area (Å²) >= 11 is 0. The highest BCUT2D eigenvalue weighted by Gasteiger charge is 2.55. The minimum atomic E-state index is -1.40. The molecular formula is C37H40N2O10. The van der Waals surface area contributed by atoms with Crippen molar-refractivity contribution in [2.75, 3.05) is 26.4 Å². The lowest BCUT2D eigenvalue weighted by Crippen LogP contribution is -2.54. The van der Waals surface area contributed by atoms with Crippen LogP contribution in [0.2, 0.25) is 0 Å². The molecule has 12 heteroatoms. The number of carbonyl (C=O) groups excluding carboxylic acids is 3. The first-order chi connectivity index (χ1) is 23.8. The molecule has 1 fully saturated rings. The maximum Gasteiger partial charge on any atom is 0.338 e. The molecule has 1 heterocycles. The van der Waals surface area contributed by atoms with Gasteiger partial charge in [0.15, 0.2) is 0 Å². The van der Waals surface area contributed by atoms with Gasteiger partial charge in [0.05, 0.1) is 31.1 Å². The van der Waals surface area contributed by atoms with E-state index in [-0.39, 0.29) is 43.9 Å². The molecule has 12 nitrogen and oxygen atoms in total. The molecular weight excluding hydrogens is 632 g/mol. The number of amides is 2. The van der Waals surface area contributed by atoms with Crippen LogP contribution in [0.3, 0.4) is 0 Å². The van der Waals surface area contributed by atoms with E-state index in [2.05, 4.69) is 10.6 Å². The van der Waals surface area contributed by atoms with Gasteiger partial charge in [-0.2, -0.15) is 0 Å². The Bertz CT molecular complexity index is 1590. The predicted molar refractivity (Wildman–Crippen MR) is 178 cm³/mol. The number of ether oxygens (including phenoxy) is 4. The van der Waals surface area contributed by atoms with Crippen LogP contribution in [0, 0.1) is 0 Å². The first kappa shape index (κ1) is 35.5. The summed E-state index contributed by atoms with van der Waals surface area (Å²) in [6.07, 6.45) is 0.747. The van der Waals surface area contributed by atoms with E-state index in [0.29, 0.717) is 11.1 Å². The molecule has 0 unspecified atom stereocenters. The number of benzene rings is 3. The topological polar surface area (TPSA) is 173 Å². The van der Waals surface area contributed by atoms with Crippen LogP contribution in [0.5, 0.6) is 0 Å². The first-order valence-corrected chi connectivity index (χ1v) is 16.0. The van der Waals surface area contributed by atoms with E-state index in [1.54, 1.807) is 36.4 Å². The van der Waals surface area contributed by atoms with E-state index in [9.17, 15) is 19.5 Å². The van der Waals surface area contributed by atoms with Crippen molar-refractivity contribution in [2.45, 2.75) is 49.6 Å². The Balaban J connectivity index is 1.45. The van der Waals surface area contributed by atoms with Gasteiger partial charge in [0.2, 0.25) is 17.6 Å². The molecule has 5 N–H and O–H groups in total. The smallest absolute Gasteiger partial charge is 0.338 e. The Morgan fingerprint density at radius 1 is 0.939 bits per heavy atom. The van der Waals surface area contributed by atoms with Gasteiger partial charge < -0.3 is 44.9 Å². The Labute approximate surface area is 284 Å². The zero-order valence-corrected chi connectivity index (χ0v) is 26.9. The van der Waals surface area contributed by atoms with E-state index < -0.39 is 54.0 Å². The molecule has 2 aliphatic rings. The van der Waals surface area contributed by atoms with Gasteiger partial charge in [0, 0.05) is 29.7 Å². The molecule has 258 valence electrons. The largest absolute Gasteiger partial charge is 0.499 e. The average molecular weight is 673 g/mol. The highest BCUT2D eigenvalue weighted by Crippen LogP contribution is 2.47. The average Bonchev–Trinajstić information content (AvgIpc) is 3.53. The van der Waals surface area contributed by atoms with Crippen LogP contribution in [0.25, 0.3) is 6.08 Å². The van der Waals surface area contributed by atoms with Gasteiger partial charge in [-0.1, -0.05) is 72.8 Å². The highest BCUT2D eigenvalue weighted by molar-refractivity contribution is 5.97. The number of hydrogen-bond acceptors (Lipinski definition) is 10. The molecule has 3 aromatic rings. The fourth-order valence-electron chi connectivity index (χ4n) is 5.70. The fraction of sp³-hybridized carbons (Fsp3) is 0.324.